The van der Waals surface area contributed by atoms with Crippen molar-refractivity contribution in [2.45, 2.75) is 75.4 Å². The van der Waals surface area contributed by atoms with Crippen LogP contribution in [0.2, 0.25) is 0 Å². The van der Waals surface area contributed by atoms with E-state index in [-0.39, 0.29) is 89.3 Å². The lowest BCUT2D eigenvalue weighted by Crippen LogP contribution is -2.65. The van der Waals surface area contributed by atoms with E-state index in [1.807, 2.05) is 24.3 Å². The van der Waals surface area contributed by atoms with Crippen LogP contribution in [0.15, 0.2) is 109 Å². The van der Waals surface area contributed by atoms with Crippen molar-refractivity contribution in [1.82, 2.24) is 31.9 Å². The highest BCUT2D eigenvalue weighted by Gasteiger charge is 2.42. The smallest absolute Gasteiger partial charge is 0.246 e. The fourth-order valence-electron chi connectivity index (χ4n) is 12.9. The highest BCUT2D eigenvalue weighted by atomic mass is 16.6. The first-order valence-corrected chi connectivity index (χ1v) is 36.9. The van der Waals surface area contributed by atoms with Gasteiger partial charge in [0.15, 0.2) is 0 Å². The van der Waals surface area contributed by atoms with Gasteiger partial charge in [0.2, 0.25) is 35.4 Å². The van der Waals surface area contributed by atoms with Crippen LogP contribution in [0.1, 0.15) is 56.1 Å². The number of amides is 6. The monoisotopic (exact) mass is 1450 g/mol. The third-order valence-corrected chi connectivity index (χ3v) is 18.3. The molecule has 8 aromatic rings. The Labute approximate surface area is 613 Å². The number of ether oxygens (including phenoxy) is 12. The summed E-state index contributed by atoms with van der Waals surface area (Å²) in [7, 11) is 0. The zero-order chi connectivity index (χ0) is 73.5. The summed E-state index contributed by atoms with van der Waals surface area (Å²) in [6.07, 6.45) is 2.04. The lowest BCUT2D eigenvalue weighted by atomic mass is 9.86. The van der Waals surface area contributed by atoms with Crippen LogP contribution >= 0.6 is 0 Å². The molecule has 2 atom stereocenters. The number of carbonyl (C=O) groups is 6. The van der Waals surface area contributed by atoms with E-state index in [2.05, 4.69) is 117 Å². The topological polar surface area (TPSA) is 337 Å². The van der Waals surface area contributed by atoms with Gasteiger partial charge in [-0.3, -0.25) is 28.8 Å². The summed E-state index contributed by atoms with van der Waals surface area (Å²) in [5.74, 6) is -2.31. The van der Waals surface area contributed by atoms with E-state index < -0.39 is 35.3 Å². The van der Waals surface area contributed by atoms with Gasteiger partial charge in [0.25, 0.3) is 0 Å². The van der Waals surface area contributed by atoms with Gasteiger partial charge in [0.1, 0.15) is 17.6 Å². The van der Waals surface area contributed by atoms with Gasteiger partial charge < -0.3 is 100 Å². The number of hydrogen-bond acceptors (Lipinski definition) is 20. The highest BCUT2D eigenvalue weighted by molar-refractivity contribution is 6.24. The van der Waals surface area contributed by atoms with E-state index in [9.17, 15) is 28.8 Å². The maximum Gasteiger partial charge on any atom is 0.246 e. The molecule has 0 spiro atoms. The van der Waals surface area contributed by atoms with E-state index in [0.717, 1.165) is 75.8 Å². The minimum Gasteiger partial charge on any atom is -0.379 e. The third kappa shape index (κ3) is 26.2. The molecule has 26 nitrogen and oxygen atoms in total. The molecule has 9 rings (SSSR count). The summed E-state index contributed by atoms with van der Waals surface area (Å²) < 4.78 is 66.4. The van der Waals surface area contributed by atoms with Gasteiger partial charge >= 0.3 is 0 Å². The normalized spacial score (nSPS) is 13.7. The van der Waals surface area contributed by atoms with E-state index in [0.29, 0.717) is 177 Å². The summed E-state index contributed by atoms with van der Waals surface area (Å²) in [5.41, 5.74) is 11.0. The Balaban J connectivity index is 0.742. The third-order valence-electron chi connectivity index (χ3n) is 18.3. The van der Waals surface area contributed by atoms with Crippen molar-refractivity contribution in [2.24, 2.45) is 11.5 Å². The van der Waals surface area contributed by atoms with Gasteiger partial charge in [-0.15, -0.1) is 0 Å². The number of benzene rings is 8. The van der Waals surface area contributed by atoms with Crippen molar-refractivity contribution >= 4 is 100 Å². The summed E-state index contributed by atoms with van der Waals surface area (Å²) in [4.78, 5) is 82.3. The Morgan fingerprint density at radius 2 is 0.743 bits per heavy atom. The van der Waals surface area contributed by atoms with Crippen molar-refractivity contribution < 1.29 is 85.6 Å². The molecular formula is C79H106N8O18. The first-order valence-electron chi connectivity index (χ1n) is 36.9. The average molecular weight is 1460 g/mol. The van der Waals surface area contributed by atoms with Gasteiger partial charge in [-0.1, -0.05) is 109 Å². The van der Waals surface area contributed by atoms with Crippen molar-refractivity contribution in [3.05, 3.63) is 120 Å². The maximum atomic E-state index is 14.9. The van der Waals surface area contributed by atoms with Crippen LogP contribution < -0.4 is 43.4 Å². The predicted molar refractivity (Wildman–Crippen MR) is 402 cm³/mol. The Hall–Kier alpha value is -7.90. The molecule has 0 radical (unpaired) electrons. The van der Waals surface area contributed by atoms with Crippen molar-refractivity contribution in [2.75, 3.05) is 191 Å². The number of carbonyl (C=O) groups excluding carboxylic acids is 6. The van der Waals surface area contributed by atoms with Crippen LogP contribution in [-0.2, 0) is 98.5 Å². The molecule has 1 fully saturated rings. The second kappa shape index (κ2) is 45.6. The molecule has 1 aliphatic heterocycles. The van der Waals surface area contributed by atoms with Crippen molar-refractivity contribution in [3.63, 3.8) is 0 Å². The molecule has 6 amide bonds. The van der Waals surface area contributed by atoms with Gasteiger partial charge in [0, 0.05) is 51.7 Å². The first kappa shape index (κ1) is 81.2. The van der Waals surface area contributed by atoms with Crippen LogP contribution in [0.3, 0.4) is 0 Å². The fraction of sp³-hybridized carbons (Fsp3) is 0.519. The zero-order valence-electron chi connectivity index (χ0n) is 60.4. The molecule has 1 saturated heterocycles. The fourth-order valence-corrected chi connectivity index (χ4v) is 12.9. The summed E-state index contributed by atoms with van der Waals surface area (Å²) in [5, 5.41) is 31.6. The number of hydrogen-bond donors (Lipinski definition) is 8. The summed E-state index contributed by atoms with van der Waals surface area (Å²) in [6, 6.07) is 35.4. The minimum atomic E-state index is -1.31. The molecule has 10 N–H and O–H groups in total. The average Bonchev–Trinajstić information content (AvgIpc) is 0.748. The number of nitrogens with two attached hydrogens (primary N) is 2. The molecule has 26 heteroatoms. The predicted octanol–water partition coefficient (Wildman–Crippen LogP) is 5.30. The molecule has 570 valence electrons. The molecule has 0 saturated carbocycles. The van der Waals surface area contributed by atoms with Crippen LogP contribution in [0, 0.1) is 0 Å². The number of nitrogens with one attached hydrogen (secondary N) is 6. The number of primary amides is 1. The van der Waals surface area contributed by atoms with Gasteiger partial charge in [0.05, 0.1) is 159 Å². The number of unbranched alkanes of at least 4 members (excludes halogenated alkanes) is 1. The molecule has 0 aromatic heterocycles. The van der Waals surface area contributed by atoms with Crippen LogP contribution in [-0.4, -0.2) is 244 Å². The largest absolute Gasteiger partial charge is 0.379 e. The lowest BCUT2D eigenvalue weighted by molar-refractivity contribution is -0.137. The minimum absolute atomic E-state index is 0.00483. The van der Waals surface area contributed by atoms with Gasteiger partial charge in [-0.25, -0.2) is 0 Å². The molecule has 0 aliphatic carbocycles. The van der Waals surface area contributed by atoms with Crippen LogP contribution in [0.25, 0.3) is 64.6 Å². The van der Waals surface area contributed by atoms with Crippen LogP contribution in [0.4, 0.5) is 0 Å². The molecule has 1 heterocycles. The Bertz CT molecular complexity index is 3900. The quantitative estimate of drug-likeness (QED) is 0.0177. The SMILES string of the molecule is NCCOCCOCCOCCOCCOCCOCCC(=O)NC1(C(=O)N[C@@H](Cc2ccc3ccc4cccc5ccc2c3c45)C(=O)NCCCCC(=O)N[C@@H](Cc2ccc3ccc4cccc5ccc2c3c45)C(=O)NCCOCCOCCOCCOCCOCCOCCC(N)=O)CCNCC1. The number of rotatable bonds is 56. The van der Waals surface area contributed by atoms with Crippen molar-refractivity contribution in [3.8, 4) is 0 Å². The Morgan fingerprint density at radius 1 is 0.381 bits per heavy atom. The molecule has 105 heavy (non-hydrogen) atoms. The first-order chi connectivity index (χ1) is 51.5. The zero-order valence-corrected chi connectivity index (χ0v) is 60.4. The maximum absolute atomic E-state index is 14.9. The summed E-state index contributed by atoms with van der Waals surface area (Å²) in [6.45, 7) is 10.8. The molecule has 0 unspecified atom stereocenters. The second-order valence-electron chi connectivity index (χ2n) is 25.7. The molecular weight excluding hydrogens is 1350 g/mol. The van der Waals surface area contributed by atoms with Gasteiger partial charge in [-0.05, 0) is 115 Å². The van der Waals surface area contributed by atoms with E-state index in [4.69, 9.17) is 68.3 Å². The highest BCUT2D eigenvalue weighted by Crippen LogP contribution is 2.38. The molecule has 0 bridgehead atoms. The van der Waals surface area contributed by atoms with Gasteiger partial charge in [-0.2, -0.15) is 0 Å². The number of piperidine rings is 1. The van der Waals surface area contributed by atoms with E-state index in [1.165, 1.54) is 0 Å². The second-order valence-corrected chi connectivity index (χ2v) is 25.7. The molecule has 1 aliphatic rings. The van der Waals surface area contributed by atoms with Crippen LogP contribution in [0.5, 0.6) is 0 Å². The standard InChI is InChI=1S/C79H106N8O18/c80-26-33-96-37-41-100-45-49-104-53-51-103-48-44-99-40-36-95-32-23-71(90)87-79(24-28-82-29-25-79)78(93)86-68(56-64-17-15-62-13-11-58-6-4-8-60-19-21-66(64)75(62)73(58)60)77(92)83-27-2-1-9-70(89)85-67(55-63-16-14-61-12-10-57-5-3-7-59-18-20-65(63)74(61)72(57)59)76(91)84-30-34-97-38-42-101-46-50-105-54-52-102-47-43-98-39-35-94-31-22-69(81)88/h3-8,10-21,67-68,82H,1-2,9,22-56,80H2,(H2,81,88)(H,83,92)(H,84,91)(H,85,89)(H,86,93)(H,87,90)/t67-,68-/m0/s1. The lowest BCUT2D eigenvalue weighted by Gasteiger charge is -2.38. The molecule has 8 aromatic carbocycles. The summed E-state index contributed by atoms with van der Waals surface area (Å²) >= 11 is 0. The Kier molecular flexibility index (Phi) is 35.2. The van der Waals surface area contributed by atoms with E-state index in [1.54, 1.807) is 0 Å². The van der Waals surface area contributed by atoms with E-state index >= 15 is 0 Å². The Morgan fingerprint density at radius 3 is 1.17 bits per heavy atom. The van der Waals surface area contributed by atoms with Crippen molar-refractivity contribution in [1.29, 1.82) is 0 Å².